The molecule has 6 heteroatoms. The van der Waals surface area contributed by atoms with Gasteiger partial charge in [0.1, 0.15) is 5.75 Å². The molecule has 0 aromatic heterocycles. The summed E-state index contributed by atoms with van der Waals surface area (Å²) < 4.78 is 5.48. The van der Waals surface area contributed by atoms with Crippen molar-refractivity contribution >= 4 is 40.6 Å². The van der Waals surface area contributed by atoms with Crippen molar-refractivity contribution in [2.75, 3.05) is 11.9 Å². The molecule has 0 saturated carbocycles. The van der Waals surface area contributed by atoms with Crippen molar-refractivity contribution in [1.82, 2.24) is 0 Å². The second-order valence-corrected chi connectivity index (χ2v) is 6.08. The molecule has 0 aliphatic heterocycles. The molecule has 0 spiro atoms. The summed E-state index contributed by atoms with van der Waals surface area (Å²) in [6.45, 7) is 3.42. The molecule has 2 aromatic rings. The summed E-state index contributed by atoms with van der Waals surface area (Å²) in [5.41, 5.74) is 1.88. The van der Waals surface area contributed by atoms with E-state index in [4.69, 9.17) is 27.9 Å². The van der Waals surface area contributed by atoms with Crippen LogP contribution in [0.5, 0.6) is 5.75 Å². The number of aryl methyl sites for hydroxylation is 1. The summed E-state index contributed by atoms with van der Waals surface area (Å²) in [6, 6.07) is 10.1. The Kier molecular flexibility index (Phi) is 6.23. The lowest BCUT2D eigenvalue weighted by molar-refractivity contribution is -0.118. The number of Topliss-reactive ketones (excluding diaryl/α,β-unsaturated/α-hetero) is 1. The highest BCUT2D eigenvalue weighted by molar-refractivity contribution is 6.33. The summed E-state index contributed by atoms with van der Waals surface area (Å²) in [5, 5.41) is 3.57. The molecule has 2 rings (SSSR count). The monoisotopic (exact) mass is 365 g/mol. The van der Waals surface area contributed by atoms with E-state index in [1.54, 1.807) is 31.2 Å². The Hall–Kier alpha value is -2.04. The zero-order valence-electron chi connectivity index (χ0n) is 13.4. The number of ether oxygens (including phenoxy) is 1. The lowest BCUT2D eigenvalue weighted by Crippen LogP contribution is -2.21. The highest BCUT2D eigenvalue weighted by Gasteiger charge is 2.13. The zero-order chi connectivity index (χ0) is 17.7. The van der Waals surface area contributed by atoms with Gasteiger partial charge in [0.25, 0.3) is 5.91 Å². The van der Waals surface area contributed by atoms with E-state index >= 15 is 0 Å². The van der Waals surface area contributed by atoms with Crippen molar-refractivity contribution in [3.05, 3.63) is 57.6 Å². The predicted octanol–water partition coefficient (Wildman–Crippen LogP) is 4.91. The first-order chi connectivity index (χ1) is 11.4. The van der Waals surface area contributed by atoms with E-state index in [-0.39, 0.29) is 18.3 Å². The molecule has 0 aliphatic rings. The van der Waals surface area contributed by atoms with Crippen molar-refractivity contribution in [2.24, 2.45) is 0 Å². The Bertz CT molecular complexity index is 775. The van der Waals surface area contributed by atoms with Gasteiger partial charge in [-0.15, -0.1) is 0 Å². The predicted molar refractivity (Wildman–Crippen MR) is 96.4 cm³/mol. The Morgan fingerprint density at radius 1 is 1.12 bits per heavy atom. The first-order valence-electron chi connectivity index (χ1n) is 7.42. The average molecular weight is 366 g/mol. The standard InChI is InChI=1S/C18H17Cl2NO3/c1-3-16(22)13-9-12(19)5-7-17(13)24-10-18(23)21-15-6-4-11(2)8-14(15)20/h4-9H,3,10H2,1-2H3,(H,21,23). The third-order valence-corrected chi connectivity index (χ3v) is 3.87. The van der Waals surface area contributed by atoms with E-state index in [1.165, 1.54) is 6.07 Å². The fourth-order valence-electron chi connectivity index (χ4n) is 2.09. The maximum atomic E-state index is 12.0. The number of nitrogens with one attached hydrogen (secondary N) is 1. The SMILES string of the molecule is CCC(=O)c1cc(Cl)ccc1OCC(=O)Nc1ccc(C)cc1Cl. The molecular formula is C18H17Cl2NO3. The molecule has 4 nitrogen and oxygen atoms in total. The summed E-state index contributed by atoms with van der Waals surface area (Å²) in [5.74, 6) is -0.142. The Balaban J connectivity index is 2.05. The minimum absolute atomic E-state index is 0.102. The number of halogens is 2. The number of benzene rings is 2. The summed E-state index contributed by atoms with van der Waals surface area (Å²) >= 11 is 12.0. The molecule has 0 bridgehead atoms. The van der Waals surface area contributed by atoms with Gasteiger partial charge in [0.2, 0.25) is 0 Å². The van der Waals surface area contributed by atoms with E-state index in [0.29, 0.717) is 33.5 Å². The van der Waals surface area contributed by atoms with E-state index < -0.39 is 0 Å². The first kappa shape index (κ1) is 18.3. The van der Waals surface area contributed by atoms with Crippen molar-refractivity contribution in [3.63, 3.8) is 0 Å². The van der Waals surface area contributed by atoms with Gasteiger partial charge in [-0.25, -0.2) is 0 Å². The molecule has 0 saturated heterocycles. The molecule has 1 amide bonds. The van der Waals surface area contributed by atoms with Crippen LogP contribution in [0.2, 0.25) is 10.0 Å². The van der Waals surface area contributed by atoms with Gasteiger partial charge in [0.15, 0.2) is 12.4 Å². The number of carbonyl (C=O) groups is 2. The quantitative estimate of drug-likeness (QED) is 0.739. The largest absolute Gasteiger partial charge is 0.483 e. The second kappa shape index (κ2) is 8.18. The maximum absolute atomic E-state index is 12.0. The molecule has 126 valence electrons. The van der Waals surface area contributed by atoms with Gasteiger partial charge in [0, 0.05) is 11.4 Å². The molecule has 0 radical (unpaired) electrons. The Labute approximate surface area is 150 Å². The van der Waals surface area contributed by atoms with Crippen molar-refractivity contribution in [1.29, 1.82) is 0 Å². The van der Waals surface area contributed by atoms with Crippen LogP contribution in [0.3, 0.4) is 0 Å². The molecule has 0 atom stereocenters. The first-order valence-corrected chi connectivity index (χ1v) is 8.18. The van der Waals surface area contributed by atoms with Crippen LogP contribution in [-0.4, -0.2) is 18.3 Å². The molecule has 0 heterocycles. The molecular weight excluding hydrogens is 349 g/mol. The lowest BCUT2D eigenvalue weighted by Gasteiger charge is -2.12. The highest BCUT2D eigenvalue weighted by Crippen LogP contribution is 2.25. The Morgan fingerprint density at radius 3 is 2.54 bits per heavy atom. The van der Waals surface area contributed by atoms with Gasteiger partial charge in [-0.2, -0.15) is 0 Å². The van der Waals surface area contributed by atoms with Crippen LogP contribution in [0.1, 0.15) is 29.3 Å². The number of amides is 1. The third-order valence-electron chi connectivity index (χ3n) is 3.32. The van der Waals surface area contributed by atoms with Crippen LogP contribution in [0.25, 0.3) is 0 Å². The summed E-state index contributed by atoms with van der Waals surface area (Å²) in [7, 11) is 0. The van der Waals surface area contributed by atoms with Gasteiger partial charge in [-0.3, -0.25) is 9.59 Å². The highest BCUT2D eigenvalue weighted by atomic mass is 35.5. The molecule has 0 aliphatic carbocycles. The van der Waals surface area contributed by atoms with Gasteiger partial charge in [-0.05, 0) is 42.8 Å². The molecule has 2 aromatic carbocycles. The van der Waals surface area contributed by atoms with E-state index in [2.05, 4.69) is 5.32 Å². The Morgan fingerprint density at radius 2 is 1.88 bits per heavy atom. The molecule has 0 unspecified atom stereocenters. The summed E-state index contributed by atoms with van der Waals surface area (Å²) in [6.07, 6.45) is 0.321. The number of ketones is 1. The van der Waals surface area contributed by atoms with Gasteiger partial charge >= 0.3 is 0 Å². The number of hydrogen-bond acceptors (Lipinski definition) is 3. The smallest absolute Gasteiger partial charge is 0.262 e. The minimum atomic E-state index is -0.370. The van der Waals surface area contributed by atoms with E-state index in [9.17, 15) is 9.59 Å². The van der Waals surface area contributed by atoms with Gasteiger partial charge < -0.3 is 10.1 Å². The van der Waals surface area contributed by atoms with Crippen LogP contribution in [-0.2, 0) is 4.79 Å². The summed E-state index contributed by atoms with van der Waals surface area (Å²) in [4.78, 5) is 24.0. The van der Waals surface area contributed by atoms with Crippen LogP contribution in [0.4, 0.5) is 5.69 Å². The zero-order valence-corrected chi connectivity index (χ0v) is 14.9. The second-order valence-electron chi connectivity index (χ2n) is 5.24. The number of rotatable bonds is 6. The molecule has 0 fully saturated rings. The van der Waals surface area contributed by atoms with Crippen molar-refractivity contribution < 1.29 is 14.3 Å². The van der Waals surface area contributed by atoms with Gasteiger partial charge in [0.05, 0.1) is 16.3 Å². The van der Waals surface area contributed by atoms with E-state index in [1.807, 2.05) is 13.0 Å². The van der Waals surface area contributed by atoms with Crippen molar-refractivity contribution in [3.8, 4) is 5.75 Å². The molecule has 1 N–H and O–H groups in total. The fraction of sp³-hybridized carbons (Fsp3) is 0.222. The fourth-order valence-corrected chi connectivity index (χ4v) is 2.54. The third kappa shape index (κ3) is 4.73. The van der Waals surface area contributed by atoms with Crippen LogP contribution >= 0.6 is 23.2 Å². The normalized spacial score (nSPS) is 10.3. The maximum Gasteiger partial charge on any atom is 0.262 e. The minimum Gasteiger partial charge on any atom is -0.483 e. The van der Waals surface area contributed by atoms with Crippen LogP contribution in [0, 0.1) is 6.92 Å². The van der Waals surface area contributed by atoms with Gasteiger partial charge in [-0.1, -0.05) is 36.2 Å². The molecule has 24 heavy (non-hydrogen) atoms. The topological polar surface area (TPSA) is 55.4 Å². The van der Waals surface area contributed by atoms with Crippen LogP contribution in [0.15, 0.2) is 36.4 Å². The number of carbonyl (C=O) groups excluding carboxylic acids is 2. The lowest BCUT2D eigenvalue weighted by atomic mass is 10.1. The van der Waals surface area contributed by atoms with Crippen molar-refractivity contribution in [2.45, 2.75) is 20.3 Å². The van der Waals surface area contributed by atoms with E-state index in [0.717, 1.165) is 5.56 Å². The number of anilines is 1. The van der Waals surface area contributed by atoms with Crippen LogP contribution < -0.4 is 10.1 Å². The average Bonchev–Trinajstić information content (AvgIpc) is 2.55. The number of hydrogen-bond donors (Lipinski definition) is 1.